The van der Waals surface area contributed by atoms with Gasteiger partial charge in [-0.15, -0.1) is 0 Å². The van der Waals surface area contributed by atoms with Gasteiger partial charge in [-0.1, -0.05) is 58.8 Å². The highest BCUT2D eigenvalue weighted by molar-refractivity contribution is 6.04. The lowest BCUT2D eigenvalue weighted by Gasteiger charge is -2.13. The van der Waals surface area contributed by atoms with E-state index in [1.165, 1.54) is 31.4 Å². The third-order valence-electron chi connectivity index (χ3n) is 3.83. The summed E-state index contributed by atoms with van der Waals surface area (Å²) in [5, 5.41) is 9.49. The quantitative estimate of drug-likeness (QED) is 0.412. The molecule has 0 saturated carbocycles. The molecule has 0 atom stereocenters. The van der Waals surface area contributed by atoms with Gasteiger partial charge in [-0.25, -0.2) is 0 Å². The summed E-state index contributed by atoms with van der Waals surface area (Å²) in [5.41, 5.74) is 1.76. The van der Waals surface area contributed by atoms with Crippen molar-refractivity contribution in [3.05, 3.63) is 70.8 Å². The van der Waals surface area contributed by atoms with E-state index in [-0.39, 0.29) is 12.2 Å². The molecule has 2 rings (SSSR count). The van der Waals surface area contributed by atoms with E-state index in [0.717, 1.165) is 11.1 Å². The largest absolute Gasteiger partial charge is 0.437 e. The monoisotopic (exact) mass is 423 g/mol. The molecule has 30 heavy (non-hydrogen) atoms. The summed E-state index contributed by atoms with van der Waals surface area (Å²) in [6.45, 7) is 3.47. The van der Waals surface area contributed by atoms with Gasteiger partial charge in [0.1, 0.15) is 13.7 Å². The Morgan fingerprint density at radius 3 is 2.27 bits per heavy atom. The van der Waals surface area contributed by atoms with Crippen molar-refractivity contribution in [2.45, 2.75) is 26.6 Å². The van der Waals surface area contributed by atoms with Crippen LogP contribution in [0.4, 0.5) is 13.2 Å². The van der Waals surface area contributed by atoms with Crippen LogP contribution >= 0.6 is 0 Å². The standard InChI is InChI=1S/C19H19F3N2O2.C2H5NO/c1-13-8-7-11-16(14(2)23-25-3)17(13)12-26-24-18(19(20,21)22)15-9-5-4-6-10-15;1-3-2-4/h4-11H,12H2,1-3H3;2H,1H3,(H,3,4)/b23-14-,24-18-;. The zero-order valence-electron chi connectivity index (χ0n) is 17.2. The van der Waals surface area contributed by atoms with Crippen LogP contribution in [0.2, 0.25) is 0 Å². The number of amides is 1. The maximum Gasteiger partial charge on any atom is 0.437 e. The minimum absolute atomic E-state index is 0.0536. The summed E-state index contributed by atoms with van der Waals surface area (Å²) in [6.07, 6.45) is -4.00. The summed E-state index contributed by atoms with van der Waals surface area (Å²) in [6, 6.07) is 12.8. The Morgan fingerprint density at radius 2 is 1.73 bits per heavy atom. The number of hydrogen-bond acceptors (Lipinski definition) is 5. The van der Waals surface area contributed by atoms with Crippen molar-refractivity contribution in [3.8, 4) is 0 Å². The molecule has 0 aromatic heterocycles. The molecule has 9 heteroatoms. The number of halogens is 3. The van der Waals surface area contributed by atoms with Gasteiger partial charge in [0.25, 0.3) is 0 Å². The number of rotatable bonds is 7. The fourth-order valence-corrected chi connectivity index (χ4v) is 2.44. The third-order valence-corrected chi connectivity index (χ3v) is 3.83. The first-order valence-corrected chi connectivity index (χ1v) is 8.86. The van der Waals surface area contributed by atoms with E-state index in [1.54, 1.807) is 26.1 Å². The molecule has 6 nitrogen and oxygen atoms in total. The molecule has 1 amide bonds. The number of carbonyl (C=O) groups excluding carboxylic acids is 1. The van der Waals surface area contributed by atoms with Gasteiger partial charge in [0.05, 0.1) is 5.71 Å². The molecule has 0 unspecified atom stereocenters. The van der Waals surface area contributed by atoms with Crippen LogP contribution in [-0.4, -0.2) is 38.2 Å². The van der Waals surface area contributed by atoms with Gasteiger partial charge >= 0.3 is 6.18 Å². The van der Waals surface area contributed by atoms with Crippen molar-refractivity contribution in [2.75, 3.05) is 14.2 Å². The molecule has 0 saturated heterocycles. The van der Waals surface area contributed by atoms with Crippen LogP contribution in [0.5, 0.6) is 0 Å². The number of carbonyl (C=O) groups is 1. The topological polar surface area (TPSA) is 72.3 Å². The van der Waals surface area contributed by atoms with Crippen molar-refractivity contribution in [3.63, 3.8) is 0 Å². The van der Waals surface area contributed by atoms with E-state index in [0.29, 0.717) is 17.7 Å². The zero-order chi connectivity index (χ0) is 22.6. The molecule has 0 spiro atoms. The lowest BCUT2D eigenvalue weighted by atomic mass is 10.00. The first kappa shape index (κ1) is 24.7. The Balaban J connectivity index is 0.00000103. The molecule has 0 aliphatic heterocycles. The molecule has 0 fully saturated rings. The minimum Gasteiger partial charge on any atom is -0.399 e. The maximum atomic E-state index is 13.3. The van der Waals surface area contributed by atoms with E-state index in [2.05, 4.69) is 15.6 Å². The van der Waals surface area contributed by atoms with Crippen molar-refractivity contribution in [1.82, 2.24) is 5.32 Å². The second kappa shape index (κ2) is 12.3. The number of aryl methyl sites for hydroxylation is 1. The Kier molecular flexibility index (Phi) is 10.1. The van der Waals surface area contributed by atoms with Crippen molar-refractivity contribution >= 4 is 17.8 Å². The van der Waals surface area contributed by atoms with Gasteiger partial charge < -0.3 is 15.0 Å². The molecule has 162 valence electrons. The number of oxime groups is 2. The summed E-state index contributed by atoms with van der Waals surface area (Å²) in [7, 11) is 2.99. The summed E-state index contributed by atoms with van der Waals surface area (Å²) in [4.78, 5) is 18.9. The van der Waals surface area contributed by atoms with Crippen LogP contribution in [-0.2, 0) is 21.1 Å². The molecule has 1 N–H and O–H groups in total. The van der Waals surface area contributed by atoms with E-state index in [9.17, 15) is 13.2 Å². The summed E-state index contributed by atoms with van der Waals surface area (Å²) < 4.78 is 39.8. The molecule has 0 heterocycles. The smallest absolute Gasteiger partial charge is 0.399 e. The highest BCUT2D eigenvalue weighted by atomic mass is 19.4. The molecular weight excluding hydrogens is 399 g/mol. The van der Waals surface area contributed by atoms with Crippen LogP contribution in [0, 0.1) is 6.92 Å². The van der Waals surface area contributed by atoms with E-state index in [1.807, 2.05) is 19.1 Å². The highest BCUT2D eigenvalue weighted by Gasteiger charge is 2.37. The van der Waals surface area contributed by atoms with Crippen molar-refractivity contribution < 1.29 is 27.6 Å². The van der Waals surface area contributed by atoms with Gasteiger partial charge in [-0.2, -0.15) is 13.2 Å². The molecular formula is C21H24F3N3O3. The van der Waals surface area contributed by atoms with Crippen LogP contribution in [0.3, 0.4) is 0 Å². The van der Waals surface area contributed by atoms with Gasteiger partial charge in [-0.05, 0) is 19.4 Å². The second-order valence-corrected chi connectivity index (χ2v) is 5.94. The Labute approximate surface area is 173 Å². The van der Waals surface area contributed by atoms with E-state index >= 15 is 0 Å². The first-order valence-electron chi connectivity index (χ1n) is 8.86. The Hall–Kier alpha value is -3.36. The van der Waals surface area contributed by atoms with Crippen LogP contribution in [0.15, 0.2) is 58.8 Å². The molecule has 2 aromatic rings. The van der Waals surface area contributed by atoms with Crippen molar-refractivity contribution in [1.29, 1.82) is 0 Å². The fraction of sp³-hybridized carbons (Fsp3) is 0.286. The second-order valence-electron chi connectivity index (χ2n) is 5.94. The molecule has 0 radical (unpaired) electrons. The summed E-state index contributed by atoms with van der Waals surface area (Å²) in [5.74, 6) is 0. The average molecular weight is 423 g/mol. The molecule has 0 bridgehead atoms. The van der Waals surface area contributed by atoms with Gasteiger partial charge in [0, 0.05) is 23.7 Å². The van der Waals surface area contributed by atoms with Crippen LogP contribution < -0.4 is 5.32 Å². The predicted molar refractivity (Wildman–Crippen MR) is 109 cm³/mol. The third kappa shape index (κ3) is 7.57. The lowest BCUT2D eigenvalue weighted by Crippen LogP contribution is -2.24. The molecule has 0 aliphatic carbocycles. The van der Waals surface area contributed by atoms with Crippen molar-refractivity contribution in [2.24, 2.45) is 10.3 Å². The average Bonchev–Trinajstić information content (AvgIpc) is 2.72. The number of nitrogens with zero attached hydrogens (tertiary/aromatic N) is 2. The van der Waals surface area contributed by atoms with E-state index < -0.39 is 11.9 Å². The molecule has 2 aromatic carbocycles. The maximum absolute atomic E-state index is 13.3. The zero-order valence-corrected chi connectivity index (χ0v) is 17.2. The van der Waals surface area contributed by atoms with Crippen LogP contribution in [0.25, 0.3) is 0 Å². The number of benzene rings is 2. The number of alkyl halides is 3. The normalized spacial score (nSPS) is 11.8. The Morgan fingerprint density at radius 1 is 1.10 bits per heavy atom. The molecule has 0 aliphatic rings. The fourth-order valence-electron chi connectivity index (χ4n) is 2.44. The van der Waals surface area contributed by atoms with E-state index in [4.69, 9.17) is 14.5 Å². The number of nitrogens with one attached hydrogen (secondary N) is 1. The summed E-state index contributed by atoms with van der Waals surface area (Å²) >= 11 is 0. The lowest BCUT2D eigenvalue weighted by molar-refractivity contribution is -0.109. The SMILES string of the molecule is CNC=O.CO/N=C(/C)c1cccc(C)c1CO/N=C(/c1ccccc1)C(F)(F)F. The Bertz CT molecular complexity index is 867. The number of hydrogen-bond donors (Lipinski definition) is 1. The minimum atomic E-state index is -4.62. The van der Waals surface area contributed by atoms with Gasteiger partial charge in [-0.3, -0.25) is 4.79 Å². The highest BCUT2D eigenvalue weighted by Crippen LogP contribution is 2.23. The first-order chi connectivity index (χ1) is 14.3. The van der Waals surface area contributed by atoms with Gasteiger partial charge in [0.15, 0.2) is 5.71 Å². The predicted octanol–water partition coefficient (Wildman–Crippen LogP) is 4.21. The van der Waals surface area contributed by atoms with Gasteiger partial charge in [0.2, 0.25) is 6.41 Å². The van der Waals surface area contributed by atoms with Crippen LogP contribution in [0.1, 0.15) is 29.2 Å².